The van der Waals surface area contributed by atoms with Crippen molar-refractivity contribution in [2.45, 2.75) is 83.9 Å². The van der Waals surface area contributed by atoms with Crippen molar-refractivity contribution in [3.8, 4) is 11.1 Å². The summed E-state index contributed by atoms with van der Waals surface area (Å²) in [4.78, 5) is 25.3. The van der Waals surface area contributed by atoms with Crippen molar-refractivity contribution in [3.05, 3.63) is 58.3 Å². The predicted molar refractivity (Wildman–Crippen MR) is 146 cm³/mol. The molecule has 4 heterocycles. The lowest BCUT2D eigenvalue weighted by Crippen LogP contribution is -2.40. The number of halogens is 1. The molecule has 0 bridgehead atoms. The lowest BCUT2D eigenvalue weighted by molar-refractivity contribution is -0.120. The van der Waals surface area contributed by atoms with Crippen molar-refractivity contribution in [2.75, 3.05) is 4.90 Å². The third kappa shape index (κ3) is 4.29. The minimum absolute atomic E-state index is 0.0724. The normalized spacial score (nSPS) is 22.4. The minimum Gasteiger partial charge on any atom is -0.393 e. The molecule has 4 aromatic rings. The van der Waals surface area contributed by atoms with Crippen LogP contribution < -0.4 is 4.90 Å². The van der Waals surface area contributed by atoms with E-state index in [-0.39, 0.29) is 24.1 Å². The maximum atomic E-state index is 13.4. The molecule has 2 aliphatic rings. The van der Waals surface area contributed by atoms with Crippen LogP contribution in [0.1, 0.15) is 79.9 Å². The van der Waals surface area contributed by atoms with Gasteiger partial charge >= 0.3 is 0 Å². The van der Waals surface area contributed by atoms with Crippen molar-refractivity contribution < 1.29 is 14.4 Å². The highest BCUT2D eigenvalue weighted by atomic mass is 35.5. The van der Waals surface area contributed by atoms with Gasteiger partial charge in [0.1, 0.15) is 17.1 Å². The van der Waals surface area contributed by atoms with Gasteiger partial charge < -0.3 is 19.1 Å². The molecule has 1 amide bonds. The van der Waals surface area contributed by atoms with E-state index in [2.05, 4.69) is 9.72 Å². The maximum Gasteiger partial charge on any atom is 0.227 e. The number of pyridine rings is 1. The fourth-order valence-corrected chi connectivity index (χ4v) is 6.29. The number of imidazole rings is 1. The van der Waals surface area contributed by atoms with Gasteiger partial charge in [-0.15, -0.1) is 0 Å². The summed E-state index contributed by atoms with van der Waals surface area (Å²) in [5, 5.41) is 14.9. The molecule has 198 valence electrons. The second-order valence-electron chi connectivity index (χ2n) is 10.7. The number of carbonyl (C=O) groups is 1. The molecule has 1 atom stereocenters. The quantitative estimate of drug-likeness (QED) is 0.326. The Morgan fingerprint density at radius 1 is 1.08 bits per heavy atom. The number of aryl methyl sites for hydroxylation is 3. The van der Waals surface area contributed by atoms with E-state index < -0.39 is 0 Å². The van der Waals surface area contributed by atoms with Crippen molar-refractivity contribution in [3.63, 3.8) is 0 Å². The largest absolute Gasteiger partial charge is 0.393 e. The summed E-state index contributed by atoms with van der Waals surface area (Å²) in [5.74, 6) is 1.66. The first-order valence-corrected chi connectivity index (χ1v) is 13.8. The van der Waals surface area contributed by atoms with Crippen molar-refractivity contribution in [1.29, 1.82) is 0 Å². The maximum absolute atomic E-state index is 13.4. The number of amides is 1. The average molecular weight is 534 g/mol. The zero-order valence-corrected chi connectivity index (χ0v) is 22.7. The van der Waals surface area contributed by atoms with Crippen molar-refractivity contribution in [1.82, 2.24) is 19.7 Å². The first kappa shape index (κ1) is 25.1. The van der Waals surface area contributed by atoms with Crippen LogP contribution in [0.15, 0.2) is 35.0 Å². The Balaban J connectivity index is 1.51. The zero-order valence-electron chi connectivity index (χ0n) is 21.9. The number of rotatable bonds is 4. The van der Waals surface area contributed by atoms with Crippen LogP contribution in [0.2, 0.25) is 5.02 Å². The van der Waals surface area contributed by atoms with Crippen LogP contribution in [0.5, 0.6) is 0 Å². The number of nitrogens with zero attached hydrogens (tertiary/aromatic N) is 5. The van der Waals surface area contributed by atoms with Gasteiger partial charge in [0.25, 0.3) is 0 Å². The van der Waals surface area contributed by atoms with E-state index in [1.807, 2.05) is 56.1 Å². The smallest absolute Gasteiger partial charge is 0.227 e. The van der Waals surface area contributed by atoms with Crippen LogP contribution in [0, 0.1) is 20.8 Å². The number of aliphatic hydroxyl groups is 1. The number of aliphatic hydroxyl groups excluding tert-OH is 1. The Hall–Kier alpha value is -3.23. The number of aromatic nitrogens is 4. The van der Waals surface area contributed by atoms with Crippen LogP contribution in [0.4, 0.5) is 5.69 Å². The van der Waals surface area contributed by atoms with Crippen LogP contribution in [-0.2, 0) is 4.79 Å². The second kappa shape index (κ2) is 9.82. The standard InChI is InChI=1S/C29H32ClN5O3/c1-16-7-8-21(14-23(16)30)34-25(5-4-6-26(34)37)29-32-24-13-19(27-17(2)33-38-18(27)3)15-31-28(24)35(29)20-9-11-22(36)12-10-20/h7-8,13-15,20,22,25,36H,4-6,9-12H2,1-3H3/t20?,22?,25-/m0/s1. The Bertz CT molecular complexity index is 1500. The number of carbonyl (C=O) groups excluding carboxylic acids is 1. The number of fused-ring (bicyclic) bond motifs is 1. The van der Waals surface area contributed by atoms with E-state index in [9.17, 15) is 9.90 Å². The summed E-state index contributed by atoms with van der Waals surface area (Å²) in [6, 6.07) is 7.76. The summed E-state index contributed by atoms with van der Waals surface area (Å²) >= 11 is 6.49. The summed E-state index contributed by atoms with van der Waals surface area (Å²) in [7, 11) is 0. The number of hydrogen-bond acceptors (Lipinski definition) is 6. The third-order valence-corrected chi connectivity index (χ3v) is 8.50. The fraction of sp³-hybridized carbons (Fsp3) is 0.448. The van der Waals surface area contributed by atoms with Gasteiger partial charge in [0.15, 0.2) is 5.65 Å². The van der Waals surface area contributed by atoms with E-state index >= 15 is 0 Å². The monoisotopic (exact) mass is 533 g/mol. The summed E-state index contributed by atoms with van der Waals surface area (Å²) in [5.41, 5.74) is 5.99. The van der Waals surface area contributed by atoms with E-state index in [1.54, 1.807) is 0 Å². The molecule has 1 N–H and O–H groups in total. The van der Waals surface area contributed by atoms with Crippen LogP contribution in [0.25, 0.3) is 22.3 Å². The van der Waals surface area contributed by atoms with Gasteiger partial charge in [0.05, 0.1) is 17.8 Å². The van der Waals surface area contributed by atoms with E-state index in [0.29, 0.717) is 11.4 Å². The second-order valence-corrected chi connectivity index (χ2v) is 11.1. The summed E-state index contributed by atoms with van der Waals surface area (Å²) < 4.78 is 7.64. The SMILES string of the molecule is Cc1ccc(N2C(=O)CCC[C@H]2c2nc3cc(-c4c(C)noc4C)cnc3n2C2CCC(O)CC2)cc1Cl. The van der Waals surface area contributed by atoms with Gasteiger partial charge in [-0.25, -0.2) is 9.97 Å². The first-order valence-electron chi connectivity index (χ1n) is 13.4. The Morgan fingerprint density at radius 3 is 2.58 bits per heavy atom. The summed E-state index contributed by atoms with van der Waals surface area (Å²) in [6.07, 6.45) is 6.82. The van der Waals surface area contributed by atoms with Crippen LogP contribution in [-0.4, -0.2) is 36.8 Å². The average Bonchev–Trinajstić information content (AvgIpc) is 3.45. The zero-order chi connectivity index (χ0) is 26.6. The fourth-order valence-electron chi connectivity index (χ4n) is 6.11. The molecule has 1 aromatic carbocycles. The molecule has 3 aromatic heterocycles. The van der Waals surface area contributed by atoms with E-state index in [1.165, 1.54) is 0 Å². The molecular formula is C29H32ClN5O3. The molecule has 0 spiro atoms. The molecule has 2 fully saturated rings. The highest BCUT2D eigenvalue weighted by molar-refractivity contribution is 6.31. The Labute approximate surface area is 226 Å². The van der Waals surface area contributed by atoms with Crippen molar-refractivity contribution in [2.24, 2.45) is 0 Å². The predicted octanol–water partition coefficient (Wildman–Crippen LogP) is 6.40. The van der Waals surface area contributed by atoms with E-state index in [4.69, 9.17) is 26.1 Å². The lowest BCUT2D eigenvalue weighted by Gasteiger charge is -2.37. The molecule has 0 unspecified atom stereocenters. The van der Waals surface area contributed by atoms with Gasteiger partial charge in [0, 0.05) is 40.5 Å². The molecular weight excluding hydrogens is 502 g/mol. The van der Waals surface area contributed by atoms with Gasteiger partial charge in [0.2, 0.25) is 5.91 Å². The first-order chi connectivity index (χ1) is 18.3. The molecule has 1 aliphatic carbocycles. The molecule has 0 radical (unpaired) electrons. The van der Waals surface area contributed by atoms with Crippen molar-refractivity contribution >= 4 is 34.4 Å². The third-order valence-electron chi connectivity index (χ3n) is 8.09. The van der Waals surface area contributed by atoms with Gasteiger partial charge in [-0.05, 0) is 83.1 Å². The number of benzene rings is 1. The van der Waals surface area contributed by atoms with E-state index in [0.717, 1.165) is 89.3 Å². The number of piperidine rings is 1. The van der Waals surface area contributed by atoms with Crippen LogP contribution in [0.3, 0.4) is 0 Å². The molecule has 9 heteroatoms. The summed E-state index contributed by atoms with van der Waals surface area (Å²) in [6.45, 7) is 5.78. The number of anilines is 1. The molecule has 8 nitrogen and oxygen atoms in total. The van der Waals surface area contributed by atoms with Gasteiger partial charge in [-0.3, -0.25) is 4.79 Å². The number of hydrogen-bond donors (Lipinski definition) is 1. The Kier molecular flexibility index (Phi) is 6.48. The lowest BCUT2D eigenvalue weighted by atomic mass is 9.92. The molecule has 38 heavy (non-hydrogen) atoms. The minimum atomic E-state index is -0.272. The molecule has 1 saturated carbocycles. The topological polar surface area (TPSA) is 97.3 Å². The highest BCUT2D eigenvalue weighted by Gasteiger charge is 2.36. The van der Waals surface area contributed by atoms with Crippen LogP contribution >= 0.6 is 11.6 Å². The van der Waals surface area contributed by atoms with Gasteiger partial charge in [-0.2, -0.15) is 0 Å². The molecule has 1 saturated heterocycles. The highest BCUT2D eigenvalue weighted by Crippen LogP contribution is 2.41. The van der Waals surface area contributed by atoms with Gasteiger partial charge in [-0.1, -0.05) is 22.8 Å². The molecule has 6 rings (SSSR count). The Morgan fingerprint density at radius 2 is 1.87 bits per heavy atom. The molecule has 1 aliphatic heterocycles.